The van der Waals surface area contributed by atoms with Crippen LogP contribution in [0.5, 0.6) is 11.5 Å². The molecule has 1 aliphatic heterocycles. The minimum Gasteiger partial charge on any atom is -0.493 e. The first-order valence-corrected chi connectivity index (χ1v) is 16.2. The highest BCUT2D eigenvalue weighted by atomic mass is 16.5. The van der Waals surface area contributed by atoms with E-state index >= 15 is 0 Å². The third-order valence-electron chi connectivity index (χ3n) is 9.33. The van der Waals surface area contributed by atoms with Crippen molar-refractivity contribution in [1.29, 1.82) is 0 Å². The van der Waals surface area contributed by atoms with E-state index in [9.17, 15) is 9.59 Å². The fraction of sp³-hybridized carbons (Fsp3) is 0.487. The van der Waals surface area contributed by atoms with Crippen molar-refractivity contribution in [3.8, 4) is 11.5 Å². The van der Waals surface area contributed by atoms with Gasteiger partial charge in [-0.3, -0.25) is 9.59 Å². The summed E-state index contributed by atoms with van der Waals surface area (Å²) in [6, 6.07) is 12.4. The number of benzene rings is 2. The van der Waals surface area contributed by atoms with Gasteiger partial charge in [0.25, 0.3) is 0 Å². The molecule has 0 atom stereocenters. The van der Waals surface area contributed by atoms with E-state index in [0.29, 0.717) is 50.5 Å². The Morgan fingerprint density at radius 2 is 1.51 bits per heavy atom. The Balaban J connectivity index is 1.68. The van der Waals surface area contributed by atoms with Gasteiger partial charge in [-0.1, -0.05) is 69.7 Å². The van der Waals surface area contributed by atoms with Crippen LogP contribution in [-0.2, 0) is 27.4 Å². The molecule has 2 aromatic carbocycles. The van der Waals surface area contributed by atoms with E-state index in [-0.39, 0.29) is 22.4 Å². The van der Waals surface area contributed by atoms with Crippen LogP contribution in [0.4, 0.5) is 0 Å². The van der Waals surface area contributed by atoms with E-state index in [4.69, 9.17) is 14.2 Å². The second-order valence-electron chi connectivity index (χ2n) is 14.5. The molecule has 0 saturated carbocycles. The molecule has 5 rings (SSSR count). The SMILES string of the molecule is C=CCc1cc(C2C3=C(CC(C)(C)CC3=O)N(CCCOC)C3=C2C(=O)CC(C)(C)C3)cc(OC)c1OCc1ccc(C)cc1. The van der Waals surface area contributed by atoms with Gasteiger partial charge < -0.3 is 19.1 Å². The van der Waals surface area contributed by atoms with Crippen LogP contribution in [0.15, 0.2) is 71.6 Å². The monoisotopic (exact) mass is 611 g/mol. The van der Waals surface area contributed by atoms with Crippen molar-refractivity contribution in [2.24, 2.45) is 10.8 Å². The van der Waals surface area contributed by atoms with Gasteiger partial charge in [-0.2, -0.15) is 0 Å². The zero-order chi connectivity index (χ0) is 32.5. The van der Waals surface area contributed by atoms with E-state index in [1.165, 1.54) is 5.56 Å². The summed E-state index contributed by atoms with van der Waals surface area (Å²) in [4.78, 5) is 30.7. The second kappa shape index (κ2) is 13.0. The Kier molecular flexibility index (Phi) is 9.46. The topological polar surface area (TPSA) is 65.1 Å². The van der Waals surface area contributed by atoms with Gasteiger partial charge in [0.05, 0.1) is 7.11 Å². The molecule has 3 aliphatic rings. The molecule has 6 nitrogen and oxygen atoms in total. The van der Waals surface area contributed by atoms with Crippen LogP contribution in [0.3, 0.4) is 0 Å². The van der Waals surface area contributed by atoms with Crippen molar-refractivity contribution in [1.82, 2.24) is 4.90 Å². The summed E-state index contributed by atoms with van der Waals surface area (Å²) in [7, 11) is 3.36. The zero-order valence-corrected chi connectivity index (χ0v) is 28.2. The normalized spacial score (nSPS) is 19.4. The largest absolute Gasteiger partial charge is 0.493 e. The number of carbonyl (C=O) groups is 2. The third-order valence-corrected chi connectivity index (χ3v) is 9.33. The highest BCUT2D eigenvalue weighted by molar-refractivity contribution is 6.06. The van der Waals surface area contributed by atoms with Gasteiger partial charge in [0.2, 0.25) is 0 Å². The Hall–Kier alpha value is -3.64. The number of carbonyl (C=O) groups excluding carboxylic acids is 2. The van der Waals surface area contributed by atoms with E-state index in [1.54, 1.807) is 14.2 Å². The molecule has 0 saturated heterocycles. The predicted octanol–water partition coefficient (Wildman–Crippen LogP) is 8.03. The molecule has 2 aromatic rings. The van der Waals surface area contributed by atoms with Crippen LogP contribution < -0.4 is 9.47 Å². The molecule has 0 amide bonds. The summed E-state index contributed by atoms with van der Waals surface area (Å²) < 4.78 is 17.8. The minimum absolute atomic E-state index is 0.121. The van der Waals surface area contributed by atoms with Crippen molar-refractivity contribution in [2.75, 3.05) is 27.4 Å². The van der Waals surface area contributed by atoms with Crippen molar-refractivity contribution < 1.29 is 23.8 Å². The average Bonchev–Trinajstić information content (AvgIpc) is 2.96. The van der Waals surface area contributed by atoms with Crippen LogP contribution in [0.1, 0.15) is 88.0 Å². The number of hydrogen-bond donors (Lipinski definition) is 0. The van der Waals surface area contributed by atoms with Crippen LogP contribution in [0.25, 0.3) is 0 Å². The number of ether oxygens (including phenoxy) is 3. The van der Waals surface area contributed by atoms with E-state index < -0.39 is 5.92 Å². The molecule has 0 bridgehead atoms. The molecular weight excluding hydrogens is 562 g/mol. The molecular formula is C39H49NO5. The summed E-state index contributed by atoms with van der Waals surface area (Å²) in [5.41, 5.74) is 7.37. The molecule has 240 valence electrons. The van der Waals surface area contributed by atoms with Crippen molar-refractivity contribution in [2.45, 2.75) is 85.7 Å². The number of rotatable bonds is 11. The summed E-state index contributed by atoms with van der Waals surface area (Å²) in [5, 5.41) is 0. The molecule has 45 heavy (non-hydrogen) atoms. The molecule has 1 heterocycles. The highest BCUT2D eigenvalue weighted by Gasteiger charge is 2.49. The Labute approximate surface area is 269 Å². The summed E-state index contributed by atoms with van der Waals surface area (Å²) in [6.07, 6.45) is 5.67. The number of nitrogens with zero attached hydrogens (tertiary/aromatic N) is 1. The Morgan fingerprint density at radius 1 is 0.911 bits per heavy atom. The lowest BCUT2D eigenvalue weighted by Crippen LogP contribution is -2.44. The number of aryl methyl sites for hydroxylation is 1. The standard InChI is InChI=1S/C39H49NO5/c1-9-11-27-18-28(19-33(44-8)37(27)45-24-26-14-12-25(2)13-15-26)34-35-29(20-38(3,4)22-31(35)41)40(16-10-17-43-7)30-21-39(5,6)23-32(42)36(30)34/h9,12-15,18-19,34H,1,10-11,16-17,20-24H2,2-8H3. The third kappa shape index (κ3) is 6.81. The van der Waals surface area contributed by atoms with E-state index in [1.807, 2.05) is 12.1 Å². The van der Waals surface area contributed by atoms with Gasteiger partial charge in [-0.05, 0) is 60.6 Å². The minimum atomic E-state index is -0.454. The molecule has 0 aromatic heterocycles. The van der Waals surface area contributed by atoms with Crippen LogP contribution >= 0.6 is 0 Å². The lowest BCUT2D eigenvalue weighted by molar-refractivity contribution is -0.119. The molecule has 0 fully saturated rings. The molecule has 2 aliphatic carbocycles. The van der Waals surface area contributed by atoms with Crippen LogP contribution in [-0.4, -0.2) is 43.8 Å². The number of allylic oxidation sites excluding steroid dienone is 5. The number of ketones is 2. The molecule has 0 spiro atoms. The van der Waals surface area contributed by atoms with Gasteiger partial charge in [-0.15, -0.1) is 6.58 Å². The van der Waals surface area contributed by atoms with Crippen LogP contribution in [0.2, 0.25) is 0 Å². The average molecular weight is 612 g/mol. The second-order valence-corrected chi connectivity index (χ2v) is 14.5. The number of methoxy groups -OCH3 is 2. The van der Waals surface area contributed by atoms with Gasteiger partial charge in [0.1, 0.15) is 6.61 Å². The van der Waals surface area contributed by atoms with E-state index in [2.05, 4.69) is 76.4 Å². The molecule has 0 radical (unpaired) electrons. The van der Waals surface area contributed by atoms with Crippen molar-refractivity contribution in [3.05, 3.63) is 93.8 Å². The summed E-state index contributed by atoms with van der Waals surface area (Å²) in [5.74, 6) is 1.04. The first kappa shape index (κ1) is 32.7. The highest BCUT2D eigenvalue weighted by Crippen LogP contribution is 2.55. The summed E-state index contributed by atoms with van der Waals surface area (Å²) in [6.45, 7) is 16.5. The first-order valence-electron chi connectivity index (χ1n) is 16.2. The lowest BCUT2D eigenvalue weighted by atomic mass is 9.63. The maximum Gasteiger partial charge on any atom is 0.165 e. The molecule has 6 heteroatoms. The van der Waals surface area contributed by atoms with Crippen molar-refractivity contribution >= 4 is 11.6 Å². The first-order chi connectivity index (χ1) is 21.4. The Morgan fingerprint density at radius 3 is 2.04 bits per heavy atom. The Bertz CT molecular complexity index is 1490. The van der Waals surface area contributed by atoms with Crippen LogP contribution in [0, 0.1) is 17.8 Å². The van der Waals surface area contributed by atoms with Gasteiger partial charge in [0.15, 0.2) is 23.1 Å². The number of Topliss-reactive ketones (excluding diaryl/α,β-unsaturated/α-hetero) is 2. The quantitative estimate of drug-likeness (QED) is 0.189. The zero-order valence-electron chi connectivity index (χ0n) is 28.2. The lowest BCUT2D eigenvalue weighted by Gasteiger charge is -2.49. The maximum absolute atomic E-state index is 14.2. The summed E-state index contributed by atoms with van der Waals surface area (Å²) >= 11 is 0. The maximum atomic E-state index is 14.2. The van der Waals surface area contributed by atoms with Crippen molar-refractivity contribution in [3.63, 3.8) is 0 Å². The number of hydrogen-bond acceptors (Lipinski definition) is 6. The smallest absolute Gasteiger partial charge is 0.165 e. The predicted molar refractivity (Wildman–Crippen MR) is 178 cm³/mol. The fourth-order valence-electron chi connectivity index (χ4n) is 7.33. The fourth-order valence-corrected chi connectivity index (χ4v) is 7.33. The van der Waals surface area contributed by atoms with E-state index in [0.717, 1.165) is 58.5 Å². The molecule has 0 unspecified atom stereocenters. The van der Waals surface area contributed by atoms with Gasteiger partial charge in [-0.25, -0.2) is 0 Å². The molecule has 0 N–H and O–H groups in total. The van der Waals surface area contributed by atoms with Gasteiger partial charge >= 0.3 is 0 Å². The van der Waals surface area contributed by atoms with Gasteiger partial charge in [0, 0.05) is 67.1 Å².